The summed E-state index contributed by atoms with van der Waals surface area (Å²) >= 11 is 2.47. The van der Waals surface area contributed by atoms with E-state index in [1.807, 2.05) is 0 Å². The van der Waals surface area contributed by atoms with Gasteiger partial charge in [0.05, 0.1) is 24.3 Å². The van der Waals surface area contributed by atoms with Crippen molar-refractivity contribution in [3.63, 3.8) is 0 Å². The van der Waals surface area contributed by atoms with Crippen LogP contribution in [0.25, 0.3) is 0 Å². The van der Waals surface area contributed by atoms with E-state index in [1.54, 1.807) is 6.07 Å². The largest absolute Gasteiger partial charge is 0.490 e. The quantitative estimate of drug-likeness (QED) is 0.487. The van der Waals surface area contributed by atoms with Crippen LogP contribution >= 0.6 is 23.1 Å². The molecular weight excluding hydrogens is 382 g/mol. The van der Waals surface area contributed by atoms with Crippen LogP contribution in [0, 0.1) is 10.1 Å². The molecule has 0 bridgehead atoms. The van der Waals surface area contributed by atoms with Crippen LogP contribution in [0.2, 0.25) is 0 Å². The van der Waals surface area contributed by atoms with Gasteiger partial charge in [-0.25, -0.2) is 9.78 Å². The summed E-state index contributed by atoms with van der Waals surface area (Å²) in [6.07, 6.45) is 0. The summed E-state index contributed by atoms with van der Waals surface area (Å²) < 4.78 is 4.94. The van der Waals surface area contributed by atoms with E-state index in [9.17, 15) is 19.7 Å². The number of amides is 1. The summed E-state index contributed by atoms with van der Waals surface area (Å²) in [6, 6.07) is 4.66. The average molecular weight is 397 g/mol. The molecule has 1 heterocycles. The van der Waals surface area contributed by atoms with Gasteiger partial charge in [0, 0.05) is 17.2 Å². The second-order valence-corrected chi connectivity index (χ2v) is 6.89. The summed E-state index contributed by atoms with van der Waals surface area (Å²) in [6.45, 7) is 0.158. The zero-order valence-corrected chi connectivity index (χ0v) is 15.3. The highest BCUT2D eigenvalue weighted by Gasteiger charge is 2.15. The highest BCUT2D eigenvalue weighted by atomic mass is 32.2. The van der Waals surface area contributed by atoms with Crippen molar-refractivity contribution in [1.29, 1.82) is 0 Å². The van der Waals surface area contributed by atoms with E-state index >= 15 is 0 Å². The predicted octanol–water partition coefficient (Wildman–Crippen LogP) is 2.31. The zero-order chi connectivity index (χ0) is 19.1. The van der Waals surface area contributed by atoms with E-state index in [1.165, 1.54) is 36.4 Å². The number of thiazole rings is 1. The normalized spacial score (nSPS) is 10.3. The second-order valence-electron chi connectivity index (χ2n) is 4.96. The number of nitro groups is 1. The fraction of sp³-hybridized carbons (Fsp3) is 0.267. The van der Waals surface area contributed by atoms with Crippen LogP contribution in [-0.2, 0) is 17.1 Å². The van der Waals surface area contributed by atoms with Gasteiger partial charge in [-0.1, -0.05) is 6.07 Å². The van der Waals surface area contributed by atoms with Crippen molar-refractivity contribution >= 4 is 40.7 Å². The molecule has 0 saturated carbocycles. The van der Waals surface area contributed by atoms with E-state index in [-0.39, 0.29) is 35.3 Å². The van der Waals surface area contributed by atoms with Crippen LogP contribution in [0.15, 0.2) is 23.6 Å². The van der Waals surface area contributed by atoms with Crippen LogP contribution in [0.1, 0.15) is 21.1 Å². The molecule has 11 heteroatoms. The van der Waals surface area contributed by atoms with Gasteiger partial charge in [0.15, 0.2) is 11.4 Å². The maximum absolute atomic E-state index is 11.8. The molecule has 2 N–H and O–H groups in total. The number of carbonyl (C=O) groups excluding carboxylic acids is 1. The number of ether oxygens (including phenoxy) is 1. The number of rotatable bonds is 9. The van der Waals surface area contributed by atoms with E-state index in [0.717, 1.165) is 11.3 Å². The van der Waals surface area contributed by atoms with E-state index in [4.69, 9.17) is 9.84 Å². The molecule has 9 nitrogen and oxygen atoms in total. The first-order valence-corrected chi connectivity index (χ1v) is 9.27. The lowest BCUT2D eigenvalue weighted by Gasteiger charge is -2.06. The lowest BCUT2D eigenvalue weighted by molar-refractivity contribution is -0.385. The van der Waals surface area contributed by atoms with Gasteiger partial charge in [-0.2, -0.15) is 0 Å². The predicted molar refractivity (Wildman–Crippen MR) is 96.7 cm³/mol. The molecule has 138 valence electrons. The van der Waals surface area contributed by atoms with Crippen molar-refractivity contribution in [3.8, 4) is 5.75 Å². The van der Waals surface area contributed by atoms with E-state index < -0.39 is 10.9 Å². The molecule has 1 aromatic heterocycles. The fourth-order valence-electron chi connectivity index (χ4n) is 1.95. The van der Waals surface area contributed by atoms with E-state index in [0.29, 0.717) is 16.3 Å². The third kappa shape index (κ3) is 5.43. The molecule has 26 heavy (non-hydrogen) atoms. The Hall–Kier alpha value is -2.66. The number of thioether (sulfide) groups is 1. The molecule has 0 aliphatic carbocycles. The van der Waals surface area contributed by atoms with Gasteiger partial charge in [0.2, 0.25) is 5.91 Å². The Bertz CT molecular complexity index is 823. The first kappa shape index (κ1) is 19.7. The SMILES string of the molecule is COc1ccc(CSCC(=O)NCc2nc(C(=O)O)cs2)cc1[N+](=O)[O-]. The van der Waals surface area contributed by atoms with Crippen molar-refractivity contribution in [2.45, 2.75) is 12.3 Å². The number of nitrogens with zero attached hydrogens (tertiary/aromatic N) is 2. The topological polar surface area (TPSA) is 132 Å². The third-order valence-corrected chi connectivity index (χ3v) is 5.00. The maximum Gasteiger partial charge on any atom is 0.355 e. The second kappa shape index (κ2) is 9.15. The summed E-state index contributed by atoms with van der Waals surface area (Å²) in [5, 5.41) is 24.4. The first-order chi connectivity index (χ1) is 12.4. The standard InChI is InChI=1S/C15H15N3O6S2/c1-24-12-3-2-9(4-11(12)18(22)23)6-25-8-13(19)16-5-14-17-10(7-26-14)15(20)21/h2-4,7H,5-6,8H2,1H3,(H,16,19)(H,20,21). The van der Waals surface area contributed by atoms with Crippen molar-refractivity contribution in [3.05, 3.63) is 50.0 Å². The minimum Gasteiger partial charge on any atom is -0.490 e. The summed E-state index contributed by atoms with van der Waals surface area (Å²) in [4.78, 5) is 36.9. The minimum absolute atomic E-state index is 0.0466. The highest BCUT2D eigenvalue weighted by molar-refractivity contribution is 7.99. The van der Waals surface area contributed by atoms with Gasteiger partial charge in [-0.05, 0) is 11.6 Å². The number of benzene rings is 1. The van der Waals surface area contributed by atoms with Crippen molar-refractivity contribution < 1.29 is 24.4 Å². The van der Waals surface area contributed by atoms with Gasteiger partial charge in [-0.3, -0.25) is 14.9 Å². The minimum atomic E-state index is -1.11. The van der Waals surface area contributed by atoms with Crippen molar-refractivity contribution in [1.82, 2.24) is 10.3 Å². The summed E-state index contributed by atoms with van der Waals surface area (Å²) in [5.41, 5.74) is 0.545. The number of carbonyl (C=O) groups is 2. The Labute approximate surface area is 156 Å². The Morgan fingerprint density at radius 3 is 2.85 bits per heavy atom. The highest BCUT2D eigenvalue weighted by Crippen LogP contribution is 2.28. The molecule has 0 atom stereocenters. The number of hydrogen-bond donors (Lipinski definition) is 2. The number of hydrogen-bond acceptors (Lipinski definition) is 8. The molecule has 2 rings (SSSR count). The molecule has 0 radical (unpaired) electrons. The van der Waals surface area contributed by atoms with Crippen LogP contribution < -0.4 is 10.1 Å². The molecule has 2 aromatic rings. The molecule has 0 aliphatic rings. The Morgan fingerprint density at radius 2 is 2.23 bits per heavy atom. The first-order valence-electron chi connectivity index (χ1n) is 7.24. The van der Waals surface area contributed by atoms with Gasteiger partial charge >= 0.3 is 11.7 Å². The lowest BCUT2D eigenvalue weighted by Crippen LogP contribution is -2.24. The number of aromatic nitrogens is 1. The number of aromatic carboxylic acids is 1. The molecular formula is C15H15N3O6S2. The lowest BCUT2D eigenvalue weighted by atomic mass is 10.2. The van der Waals surface area contributed by atoms with Crippen LogP contribution in [0.3, 0.4) is 0 Å². The molecule has 1 amide bonds. The van der Waals surface area contributed by atoms with Crippen molar-refractivity contribution in [2.75, 3.05) is 12.9 Å². The zero-order valence-electron chi connectivity index (χ0n) is 13.6. The molecule has 0 fully saturated rings. The maximum atomic E-state index is 11.8. The van der Waals surface area contributed by atoms with Gasteiger partial charge < -0.3 is 15.2 Å². The van der Waals surface area contributed by atoms with Crippen LogP contribution in [-0.4, -0.2) is 39.8 Å². The van der Waals surface area contributed by atoms with Crippen molar-refractivity contribution in [2.24, 2.45) is 0 Å². The Balaban J connectivity index is 1.80. The number of carboxylic acid groups (broad SMARTS) is 1. The monoisotopic (exact) mass is 397 g/mol. The molecule has 0 saturated heterocycles. The Morgan fingerprint density at radius 1 is 1.46 bits per heavy atom. The number of nitro benzene ring substituents is 1. The fourth-order valence-corrected chi connectivity index (χ4v) is 3.46. The Kier molecular flexibility index (Phi) is 6.92. The van der Waals surface area contributed by atoms with Crippen LogP contribution in [0.4, 0.5) is 5.69 Å². The summed E-state index contributed by atoms with van der Waals surface area (Å²) in [7, 11) is 1.36. The van der Waals surface area contributed by atoms with Crippen LogP contribution in [0.5, 0.6) is 5.75 Å². The number of methoxy groups -OCH3 is 1. The van der Waals surface area contributed by atoms with Gasteiger partial charge in [0.1, 0.15) is 5.01 Å². The average Bonchev–Trinajstić information content (AvgIpc) is 3.09. The number of nitrogens with one attached hydrogen (secondary N) is 1. The van der Waals surface area contributed by atoms with Gasteiger partial charge in [0.25, 0.3) is 0 Å². The smallest absolute Gasteiger partial charge is 0.355 e. The molecule has 0 unspecified atom stereocenters. The molecule has 1 aromatic carbocycles. The third-order valence-electron chi connectivity index (χ3n) is 3.15. The molecule has 0 aliphatic heterocycles. The number of carboxylic acids is 1. The summed E-state index contributed by atoms with van der Waals surface area (Å²) in [5.74, 6) is -0.561. The van der Waals surface area contributed by atoms with E-state index in [2.05, 4.69) is 10.3 Å². The molecule has 0 spiro atoms. The van der Waals surface area contributed by atoms with Gasteiger partial charge in [-0.15, -0.1) is 23.1 Å².